The van der Waals surface area contributed by atoms with Gasteiger partial charge in [-0.2, -0.15) is 0 Å². The molecule has 0 heterocycles. The van der Waals surface area contributed by atoms with E-state index >= 15 is 0 Å². The number of carbonyl (C=O) groups excluding carboxylic acids is 1. The Hall–Kier alpha value is -0.610. The summed E-state index contributed by atoms with van der Waals surface area (Å²) in [6.07, 6.45) is 19.8. The summed E-state index contributed by atoms with van der Waals surface area (Å²) in [5.74, 6) is -0.0431. The van der Waals surface area contributed by atoms with Crippen molar-refractivity contribution in [1.82, 2.24) is 0 Å². The molecule has 0 bridgehead atoms. The molecule has 0 aromatic heterocycles. The summed E-state index contributed by atoms with van der Waals surface area (Å²) in [4.78, 5) is 11.8. The van der Waals surface area contributed by atoms with Crippen LogP contribution in [0.2, 0.25) is 0 Å². The molecule has 29 heavy (non-hydrogen) atoms. The Bertz CT molecular complexity index is 358. The maximum absolute atomic E-state index is 11.8. The molecule has 4 nitrogen and oxygen atoms in total. The maximum Gasteiger partial charge on any atom is 0.305 e. The molecule has 0 aromatic rings. The van der Waals surface area contributed by atoms with Crippen LogP contribution in [0.4, 0.5) is 0 Å². The molecule has 0 aromatic carbocycles. The van der Waals surface area contributed by atoms with E-state index < -0.39 is 0 Å². The summed E-state index contributed by atoms with van der Waals surface area (Å²) in [5, 5.41) is 0. The summed E-state index contributed by atoms with van der Waals surface area (Å²) in [7, 11) is 4.27. The first-order valence-corrected chi connectivity index (χ1v) is 12.6. The van der Waals surface area contributed by atoms with Gasteiger partial charge in [0.05, 0.1) is 20.7 Å². The monoisotopic (exact) mass is 414 g/mol. The van der Waals surface area contributed by atoms with Gasteiger partial charge in [-0.3, -0.25) is 4.79 Å². The van der Waals surface area contributed by atoms with Gasteiger partial charge < -0.3 is 14.0 Å². The molecular weight excluding hydrogens is 362 g/mol. The van der Waals surface area contributed by atoms with E-state index in [1.807, 2.05) is 0 Å². The zero-order valence-electron chi connectivity index (χ0n) is 20.3. The van der Waals surface area contributed by atoms with Gasteiger partial charge >= 0.3 is 5.97 Å². The number of esters is 1. The van der Waals surface area contributed by atoms with Crippen LogP contribution < -0.4 is 0 Å². The van der Waals surface area contributed by atoms with Gasteiger partial charge in [0.25, 0.3) is 0 Å². The van der Waals surface area contributed by atoms with E-state index in [-0.39, 0.29) is 5.97 Å². The van der Waals surface area contributed by atoms with Crippen LogP contribution in [-0.2, 0) is 14.3 Å². The molecule has 0 aliphatic carbocycles. The summed E-state index contributed by atoms with van der Waals surface area (Å²) in [6, 6.07) is 0. The lowest BCUT2D eigenvalue weighted by Gasteiger charge is -2.28. The van der Waals surface area contributed by atoms with E-state index in [2.05, 4.69) is 27.9 Å². The van der Waals surface area contributed by atoms with Crippen LogP contribution in [0.1, 0.15) is 117 Å². The smallest absolute Gasteiger partial charge is 0.305 e. The standard InChI is InChI=1S/C25H52NO3/c1-5-7-9-11-13-15-17-19-22-28-24-26(3,4)21-23-29-25(27)20-18-16-14-12-10-8-6-2/h5-24H2,1-4H3/q+1. The number of unbranched alkanes of at least 4 members (excludes halogenated alkanes) is 13. The normalized spacial score (nSPS) is 11.7. The van der Waals surface area contributed by atoms with Crippen LogP contribution in [0.5, 0.6) is 0 Å². The minimum absolute atomic E-state index is 0.0431. The Morgan fingerprint density at radius 1 is 0.655 bits per heavy atom. The van der Waals surface area contributed by atoms with E-state index in [1.54, 1.807) is 0 Å². The second-order valence-electron chi connectivity index (χ2n) is 9.26. The molecule has 0 spiro atoms. The highest BCUT2D eigenvalue weighted by molar-refractivity contribution is 5.69. The zero-order valence-corrected chi connectivity index (χ0v) is 20.3. The third-order valence-electron chi connectivity index (χ3n) is 5.53. The van der Waals surface area contributed by atoms with E-state index in [4.69, 9.17) is 9.47 Å². The van der Waals surface area contributed by atoms with Gasteiger partial charge in [-0.15, -0.1) is 0 Å². The molecule has 0 atom stereocenters. The number of hydrogen-bond acceptors (Lipinski definition) is 3. The molecule has 4 heteroatoms. The highest BCUT2D eigenvalue weighted by atomic mass is 16.5. The van der Waals surface area contributed by atoms with Crippen molar-refractivity contribution in [2.75, 3.05) is 40.6 Å². The molecular formula is C25H52NO3+. The van der Waals surface area contributed by atoms with Crippen molar-refractivity contribution in [1.29, 1.82) is 0 Å². The van der Waals surface area contributed by atoms with Gasteiger partial charge in [-0.25, -0.2) is 0 Å². The first kappa shape index (κ1) is 28.4. The van der Waals surface area contributed by atoms with Crippen molar-refractivity contribution in [3.63, 3.8) is 0 Å². The lowest BCUT2D eigenvalue weighted by atomic mass is 10.1. The van der Waals surface area contributed by atoms with Gasteiger partial charge in [0.15, 0.2) is 6.73 Å². The van der Waals surface area contributed by atoms with Crippen molar-refractivity contribution in [2.24, 2.45) is 0 Å². The van der Waals surface area contributed by atoms with Crippen molar-refractivity contribution in [3.8, 4) is 0 Å². The first-order chi connectivity index (χ1) is 14.0. The van der Waals surface area contributed by atoms with Crippen LogP contribution in [0.25, 0.3) is 0 Å². The number of nitrogens with zero attached hydrogens (tertiary/aromatic N) is 1. The molecule has 174 valence electrons. The zero-order chi connectivity index (χ0) is 21.6. The van der Waals surface area contributed by atoms with Gasteiger partial charge in [0.1, 0.15) is 13.2 Å². The molecule has 0 fully saturated rings. The Labute approximate surface area is 182 Å². The van der Waals surface area contributed by atoms with Crippen molar-refractivity contribution in [2.45, 2.75) is 117 Å². The molecule has 0 aliphatic rings. The quantitative estimate of drug-likeness (QED) is 0.0840. The van der Waals surface area contributed by atoms with Crippen molar-refractivity contribution < 1.29 is 18.8 Å². The predicted molar refractivity (Wildman–Crippen MR) is 124 cm³/mol. The number of ether oxygens (including phenoxy) is 2. The second kappa shape index (κ2) is 20.7. The molecule has 0 radical (unpaired) electrons. The molecule has 0 amide bonds. The summed E-state index contributed by atoms with van der Waals surface area (Å²) < 4.78 is 12.0. The molecule has 0 unspecified atom stereocenters. The van der Waals surface area contributed by atoms with Crippen LogP contribution in [0.3, 0.4) is 0 Å². The molecule has 0 N–H and O–H groups in total. The maximum atomic E-state index is 11.8. The van der Waals surface area contributed by atoms with Crippen LogP contribution in [0.15, 0.2) is 0 Å². The lowest BCUT2D eigenvalue weighted by Crippen LogP contribution is -2.44. The van der Waals surface area contributed by atoms with Gasteiger partial charge in [-0.1, -0.05) is 97.3 Å². The van der Waals surface area contributed by atoms with Gasteiger partial charge in [0.2, 0.25) is 0 Å². The molecule has 0 saturated carbocycles. The van der Waals surface area contributed by atoms with E-state index in [1.165, 1.54) is 77.0 Å². The first-order valence-electron chi connectivity index (χ1n) is 12.6. The number of likely N-dealkylation sites (N-methyl/N-ethyl adjacent to an activating group) is 1. The Kier molecular flexibility index (Phi) is 20.2. The third-order valence-corrected chi connectivity index (χ3v) is 5.53. The average molecular weight is 415 g/mol. The fourth-order valence-electron chi connectivity index (χ4n) is 3.42. The Morgan fingerprint density at radius 3 is 1.69 bits per heavy atom. The predicted octanol–water partition coefficient (Wildman–Crippen LogP) is 6.86. The molecule has 0 aliphatic heterocycles. The Balaban J connectivity index is 3.47. The lowest BCUT2D eigenvalue weighted by molar-refractivity contribution is -0.909. The van der Waals surface area contributed by atoms with E-state index in [0.717, 1.165) is 36.9 Å². The van der Waals surface area contributed by atoms with E-state index in [9.17, 15) is 4.79 Å². The van der Waals surface area contributed by atoms with E-state index in [0.29, 0.717) is 19.8 Å². The van der Waals surface area contributed by atoms with Crippen LogP contribution in [0, 0.1) is 0 Å². The highest BCUT2D eigenvalue weighted by Crippen LogP contribution is 2.10. The minimum Gasteiger partial charge on any atom is -0.460 e. The fourth-order valence-corrected chi connectivity index (χ4v) is 3.42. The third kappa shape index (κ3) is 21.9. The largest absolute Gasteiger partial charge is 0.460 e. The van der Waals surface area contributed by atoms with Crippen LogP contribution >= 0.6 is 0 Å². The SMILES string of the molecule is CCCCCCCCCCOC[N+](C)(C)CCOC(=O)CCCCCCCCC. The van der Waals surface area contributed by atoms with Crippen molar-refractivity contribution in [3.05, 3.63) is 0 Å². The van der Waals surface area contributed by atoms with Gasteiger partial charge in [0, 0.05) is 6.42 Å². The minimum atomic E-state index is -0.0431. The average Bonchev–Trinajstić information content (AvgIpc) is 2.68. The van der Waals surface area contributed by atoms with Crippen LogP contribution in [-0.4, -0.2) is 51.0 Å². The van der Waals surface area contributed by atoms with Gasteiger partial charge in [-0.05, 0) is 12.8 Å². The number of carbonyl (C=O) groups is 1. The number of rotatable bonds is 22. The summed E-state index contributed by atoms with van der Waals surface area (Å²) in [5.41, 5.74) is 0. The Morgan fingerprint density at radius 2 is 1.14 bits per heavy atom. The number of hydrogen-bond donors (Lipinski definition) is 0. The van der Waals surface area contributed by atoms with Crippen molar-refractivity contribution >= 4 is 5.97 Å². The number of quaternary nitrogens is 1. The molecule has 0 rings (SSSR count). The summed E-state index contributed by atoms with van der Waals surface area (Å²) >= 11 is 0. The highest BCUT2D eigenvalue weighted by Gasteiger charge is 2.16. The summed E-state index contributed by atoms with van der Waals surface area (Å²) in [6.45, 7) is 7.32. The molecule has 0 saturated heterocycles. The topological polar surface area (TPSA) is 35.5 Å². The fraction of sp³-hybridized carbons (Fsp3) is 0.960. The second-order valence-corrected chi connectivity index (χ2v) is 9.26.